The molecule has 0 bridgehead atoms. The van der Waals surface area contributed by atoms with Gasteiger partial charge in [-0.15, -0.1) is 0 Å². The molecule has 1 aromatic heterocycles. The van der Waals surface area contributed by atoms with Gasteiger partial charge < -0.3 is 15.1 Å². The van der Waals surface area contributed by atoms with Gasteiger partial charge in [-0.1, -0.05) is 0 Å². The summed E-state index contributed by atoms with van der Waals surface area (Å²) in [6.07, 6.45) is 1.71. The molecule has 1 unspecified atom stereocenters. The molecular weight excluding hydrogens is 274 g/mol. The van der Waals surface area contributed by atoms with Crippen LogP contribution in [0.15, 0.2) is 10.8 Å². The van der Waals surface area contributed by atoms with E-state index < -0.39 is 0 Å². The predicted octanol–water partition coefficient (Wildman–Crippen LogP) is 0.750. The molecule has 2 rings (SSSR count). The average molecular weight is 288 g/mol. The molecule has 0 saturated carbocycles. The summed E-state index contributed by atoms with van der Waals surface area (Å²) in [5, 5.41) is 0. The van der Waals surface area contributed by atoms with E-state index in [1.165, 1.54) is 6.33 Å². The largest absolute Gasteiger partial charge is 0.375 e. The molecule has 16 heavy (non-hydrogen) atoms. The number of hydrazine groups is 1. The number of halogens is 1. The topological polar surface area (TPSA) is 76.3 Å². The first-order chi connectivity index (χ1) is 7.72. The van der Waals surface area contributed by atoms with Gasteiger partial charge in [0.15, 0.2) is 5.82 Å². The molecule has 1 aromatic rings. The number of hydrogen-bond acceptors (Lipinski definition) is 6. The maximum atomic E-state index is 5.49. The van der Waals surface area contributed by atoms with E-state index in [1.807, 2.05) is 6.92 Å². The Labute approximate surface area is 102 Å². The van der Waals surface area contributed by atoms with Gasteiger partial charge in [0, 0.05) is 13.1 Å². The van der Waals surface area contributed by atoms with E-state index in [-0.39, 0.29) is 6.10 Å². The van der Waals surface area contributed by atoms with Crippen LogP contribution in [0.4, 0.5) is 11.6 Å². The van der Waals surface area contributed by atoms with Gasteiger partial charge in [-0.25, -0.2) is 15.8 Å². The Kier molecular flexibility index (Phi) is 3.57. The lowest BCUT2D eigenvalue weighted by Crippen LogP contribution is -2.41. The number of nitrogens with one attached hydrogen (secondary N) is 1. The maximum absolute atomic E-state index is 5.49. The molecule has 88 valence electrons. The molecule has 7 heteroatoms. The highest BCUT2D eigenvalue weighted by molar-refractivity contribution is 9.10. The molecule has 0 amide bonds. The first kappa shape index (κ1) is 11.6. The monoisotopic (exact) mass is 287 g/mol. The highest BCUT2D eigenvalue weighted by Gasteiger charge is 2.21. The lowest BCUT2D eigenvalue weighted by atomic mass is 10.3. The van der Waals surface area contributed by atoms with Crippen LogP contribution in [0, 0.1) is 0 Å². The predicted molar refractivity (Wildman–Crippen MR) is 65.2 cm³/mol. The smallest absolute Gasteiger partial charge is 0.159 e. The van der Waals surface area contributed by atoms with Crippen molar-refractivity contribution < 1.29 is 4.74 Å². The lowest BCUT2D eigenvalue weighted by Gasteiger charge is -2.32. The summed E-state index contributed by atoms with van der Waals surface area (Å²) < 4.78 is 6.27. The van der Waals surface area contributed by atoms with Crippen LogP contribution >= 0.6 is 15.9 Å². The van der Waals surface area contributed by atoms with Gasteiger partial charge in [-0.05, 0) is 22.9 Å². The van der Waals surface area contributed by atoms with Crippen molar-refractivity contribution in [3.05, 3.63) is 10.8 Å². The molecule has 1 fully saturated rings. The van der Waals surface area contributed by atoms with E-state index in [0.717, 1.165) is 23.4 Å². The third-order valence-electron chi connectivity index (χ3n) is 2.45. The van der Waals surface area contributed by atoms with Gasteiger partial charge >= 0.3 is 0 Å². The fourth-order valence-electron chi connectivity index (χ4n) is 1.69. The molecule has 1 aliphatic rings. The minimum atomic E-state index is 0.213. The zero-order chi connectivity index (χ0) is 11.5. The molecule has 0 spiro atoms. The molecule has 6 nitrogen and oxygen atoms in total. The summed E-state index contributed by atoms with van der Waals surface area (Å²) in [4.78, 5) is 10.4. The van der Waals surface area contributed by atoms with Crippen LogP contribution in [0.5, 0.6) is 0 Å². The van der Waals surface area contributed by atoms with Crippen LogP contribution in [0.2, 0.25) is 0 Å². The normalized spacial score (nSPS) is 20.9. The van der Waals surface area contributed by atoms with Gasteiger partial charge in [0.2, 0.25) is 0 Å². The van der Waals surface area contributed by atoms with Crippen molar-refractivity contribution in [2.75, 3.05) is 30.0 Å². The van der Waals surface area contributed by atoms with Crippen molar-refractivity contribution in [2.24, 2.45) is 5.84 Å². The summed E-state index contributed by atoms with van der Waals surface area (Å²) in [5.74, 6) is 6.80. The van der Waals surface area contributed by atoms with Crippen molar-refractivity contribution in [3.8, 4) is 0 Å². The van der Waals surface area contributed by atoms with Gasteiger partial charge in [0.25, 0.3) is 0 Å². The number of nitrogens with zero attached hydrogens (tertiary/aromatic N) is 3. The number of anilines is 2. The fraction of sp³-hybridized carbons (Fsp3) is 0.556. The van der Waals surface area contributed by atoms with Crippen LogP contribution in [-0.2, 0) is 4.74 Å². The molecular formula is C9H14BrN5O. The van der Waals surface area contributed by atoms with Crippen molar-refractivity contribution >= 4 is 27.6 Å². The van der Waals surface area contributed by atoms with Crippen molar-refractivity contribution in [3.63, 3.8) is 0 Å². The SMILES string of the molecule is CC1CN(c2ncnc(NN)c2Br)CCO1. The number of rotatable bonds is 2. The van der Waals surface area contributed by atoms with E-state index in [0.29, 0.717) is 12.4 Å². The number of nitrogens with two attached hydrogens (primary N) is 1. The Morgan fingerprint density at radius 2 is 2.44 bits per heavy atom. The summed E-state index contributed by atoms with van der Waals surface area (Å²) >= 11 is 3.45. The number of aromatic nitrogens is 2. The Bertz CT molecular complexity index is 375. The molecule has 1 aliphatic heterocycles. The Morgan fingerprint density at radius 3 is 3.12 bits per heavy atom. The average Bonchev–Trinajstić information content (AvgIpc) is 2.29. The molecule has 0 aliphatic carbocycles. The van der Waals surface area contributed by atoms with E-state index in [9.17, 15) is 0 Å². The summed E-state index contributed by atoms with van der Waals surface area (Å²) in [5.41, 5.74) is 2.53. The van der Waals surface area contributed by atoms with Gasteiger partial charge in [-0.3, -0.25) is 0 Å². The van der Waals surface area contributed by atoms with E-state index in [4.69, 9.17) is 10.6 Å². The highest BCUT2D eigenvalue weighted by atomic mass is 79.9. The minimum Gasteiger partial charge on any atom is -0.375 e. The zero-order valence-electron chi connectivity index (χ0n) is 8.98. The number of ether oxygens (including phenoxy) is 1. The minimum absolute atomic E-state index is 0.213. The molecule has 3 N–H and O–H groups in total. The molecule has 0 radical (unpaired) electrons. The van der Waals surface area contributed by atoms with E-state index in [1.54, 1.807) is 0 Å². The summed E-state index contributed by atoms with van der Waals surface area (Å²) in [6.45, 7) is 4.40. The van der Waals surface area contributed by atoms with Crippen molar-refractivity contribution in [2.45, 2.75) is 13.0 Å². The van der Waals surface area contributed by atoms with Gasteiger partial charge in [0.05, 0.1) is 12.7 Å². The number of hydrogen-bond donors (Lipinski definition) is 2. The van der Waals surface area contributed by atoms with Crippen LogP contribution in [0.25, 0.3) is 0 Å². The number of morpholine rings is 1. The maximum Gasteiger partial charge on any atom is 0.159 e. The van der Waals surface area contributed by atoms with Crippen LogP contribution in [-0.4, -0.2) is 35.8 Å². The Balaban J connectivity index is 2.25. The van der Waals surface area contributed by atoms with E-state index in [2.05, 4.69) is 36.2 Å². The Morgan fingerprint density at radius 1 is 1.62 bits per heavy atom. The summed E-state index contributed by atoms with van der Waals surface area (Å²) in [7, 11) is 0. The van der Waals surface area contributed by atoms with Gasteiger partial charge in [-0.2, -0.15) is 0 Å². The van der Waals surface area contributed by atoms with Crippen LogP contribution in [0.1, 0.15) is 6.92 Å². The molecule has 1 saturated heterocycles. The second-order valence-electron chi connectivity index (χ2n) is 3.63. The highest BCUT2D eigenvalue weighted by Crippen LogP contribution is 2.29. The summed E-state index contributed by atoms with van der Waals surface area (Å²) in [6, 6.07) is 0. The molecule has 0 aromatic carbocycles. The second kappa shape index (κ2) is 4.94. The number of nitrogen functional groups attached to an aromatic ring is 1. The lowest BCUT2D eigenvalue weighted by molar-refractivity contribution is 0.0529. The molecule has 2 heterocycles. The zero-order valence-corrected chi connectivity index (χ0v) is 10.6. The van der Waals surface area contributed by atoms with Crippen LogP contribution in [0.3, 0.4) is 0 Å². The fourth-order valence-corrected chi connectivity index (χ4v) is 2.26. The van der Waals surface area contributed by atoms with Crippen molar-refractivity contribution in [1.29, 1.82) is 0 Å². The molecule has 1 atom stereocenters. The standard InChI is InChI=1S/C9H14BrN5O/c1-6-4-15(2-3-16-6)9-7(10)8(14-11)12-5-13-9/h5-6H,2-4,11H2,1H3,(H,12,13,14). The third-order valence-corrected chi connectivity index (χ3v) is 3.18. The van der Waals surface area contributed by atoms with Crippen LogP contribution < -0.4 is 16.2 Å². The van der Waals surface area contributed by atoms with Crippen molar-refractivity contribution in [1.82, 2.24) is 9.97 Å². The first-order valence-corrected chi connectivity index (χ1v) is 5.85. The second-order valence-corrected chi connectivity index (χ2v) is 4.42. The van der Waals surface area contributed by atoms with Gasteiger partial charge in [0.1, 0.15) is 16.6 Å². The first-order valence-electron chi connectivity index (χ1n) is 5.06. The third kappa shape index (κ3) is 2.26. The quantitative estimate of drug-likeness (QED) is 0.618. The Hall–Kier alpha value is -0.920. The van der Waals surface area contributed by atoms with E-state index >= 15 is 0 Å².